The molecule has 4 heteroatoms. The van der Waals surface area contributed by atoms with E-state index in [0.717, 1.165) is 24.5 Å². The monoisotopic (exact) mass is 238 g/mol. The molecule has 1 aromatic heterocycles. The van der Waals surface area contributed by atoms with Gasteiger partial charge in [0.25, 0.3) is 5.91 Å². The van der Waals surface area contributed by atoms with Crippen LogP contribution in [0, 0.1) is 5.92 Å². The summed E-state index contributed by atoms with van der Waals surface area (Å²) >= 11 is 1.51. The highest BCUT2D eigenvalue weighted by Gasteiger charge is 2.19. The van der Waals surface area contributed by atoms with Gasteiger partial charge in [0, 0.05) is 13.6 Å². The molecule has 0 saturated carbocycles. The minimum absolute atomic E-state index is 0.153. The number of nitrogens with zero attached hydrogens (tertiary/aromatic N) is 1. The first kappa shape index (κ1) is 11.6. The molecule has 2 rings (SSSR count). The molecule has 1 aromatic rings. The molecule has 1 N–H and O–H groups in total. The lowest BCUT2D eigenvalue weighted by atomic mass is 9.99. The van der Waals surface area contributed by atoms with Gasteiger partial charge < -0.3 is 10.2 Å². The Kier molecular flexibility index (Phi) is 3.96. The Hall–Kier alpha value is -0.870. The zero-order chi connectivity index (χ0) is 11.4. The number of amides is 1. The first-order chi connectivity index (χ1) is 7.77. The van der Waals surface area contributed by atoms with E-state index in [1.807, 2.05) is 29.5 Å². The molecule has 0 aromatic carbocycles. The number of carbonyl (C=O) groups is 1. The second kappa shape index (κ2) is 5.46. The van der Waals surface area contributed by atoms with Crippen molar-refractivity contribution in [1.82, 2.24) is 10.2 Å². The molecule has 0 unspecified atom stereocenters. The normalized spacial score (nSPS) is 20.7. The maximum atomic E-state index is 12.0. The average Bonchev–Trinajstić information content (AvgIpc) is 2.83. The van der Waals surface area contributed by atoms with Crippen molar-refractivity contribution in [3.8, 4) is 0 Å². The Morgan fingerprint density at radius 1 is 1.69 bits per heavy atom. The summed E-state index contributed by atoms with van der Waals surface area (Å²) in [6.07, 6.45) is 2.46. The van der Waals surface area contributed by atoms with Crippen LogP contribution < -0.4 is 5.32 Å². The van der Waals surface area contributed by atoms with Crippen LogP contribution in [0.3, 0.4) is 0 Å². The second-order valence-electron chi connectivity index (χ2n) is 4.38. The molecule has 2 heterocycles. The van der Waals surface area contributed by atoms with Crippen LogP contribution in [0.25, 0.3) is 0 Å². The molecule has 0 bridgehead atoms. The number of hydrogen-bond acceptors (Lipinski definition) is 3. The largest absolute Gasteiger partial charge is 0.341 e. The fourth-order valence-corrected chi connectivity index (χ4v) is 2.86. The summed E-state index contributed by atoms with van der Waals surface area (Å²) in [5.74, 6) is 0.767. The van der Waals surface area contributed by atoms with Crippen molar-refractivity contribution in [3.05, 3.63) is 22.4 Å². The second-order valence-corrected chi connectivity index (χ2v) is 5.32. The molecular weight excluding hydrogens is 220 g/mol. The Labute approximate surface area is 100 Å². The van der Waals surface area contributed by atoms with E-state index in [1.54, 1.807) is 0 Å². The lowest BCUT2D eigenvalue weighted by Gasteiger charge is -2.27. The number of thiophene rings is 1. The fraction of sp³-hybridized carbons (Fsp3) is 0.583. The van der Waals surface area contributed by atoms with Crippen LogP contribution in [0.2, 0.25) is 0 Å². The molecule has 1 fully saturated rings. The predicted octanol–water partition coefficient (Wildman–Crippen LogP) is 1.82. The molecule has 1 amide bonds. The summed E-state index contributed by atoms with van der Waals surface area (Å²) in [4.78, 5) is 14.7. The molecule has 0 aliphatic carbocycles. The van der Waals surface area contributed by atoms with Gasteiger partial charge in [-0.25, -0.2) is 0 Å². The van der Waals surface area contributed by atoms with Gasteiger partial charge >= 0.3 is 0 Å². The highest BCUT2D eigenvalue weighted by molar-refractivity contribution is 7.12. The van der Waals surface area contributed by atoms with Crippen LogP contribution in [0.4, 0.5) is 0 Å². The van der Waals surface area contributed by atoms with Gasteiger partial charge in [-0.2, -0.15) is 0 Å². The minimum atomic E-state index is 0.153. The topological polar surface area (TPSA) is 32.3 Å². The number of rotatable bonds is 3. The van der Waals surface area contributed by atoms with Crippen molar-refractivity contribution < 1.29 is 4.79 Å². The SMILES string of the molecule is CN(C[C@@H]1CCCNC1)C(=O)c1cccs1. The predicted molar refractivity (Wildman–Crippen MR) is 66.9 cm³/mol. The van der Waals surface area contributed by atoms with Crippen LogP contribution in [0.1, 0.15) is 22.5 Å². The average molecular weight is 238 g/mol. The molecule has 1 saturated heterocycles. The molecule has 1 aliphatic rings. The maximum absolute atomic E-state index is 12.0. The molecule has 16 heavy (non-hydrogen) atoms. The smallest absolute Gasteiger partial charge is 0.263 e. The van der Waals surface area contributed by atoms with Crippen molar-refractivity contribution >= 4 is 17.2 Å². The Balaban J connectivity index is 1.87. The van der Waals surface area contributed by atoms with E-state index in [4.69, 9.17) is 0 Å². The van der Waals surface area contributed by atoms with Crippen molar-refractivity contribution in [3.63, 3.8) is 0 Å². The first-order valence-electron chi connectivity index (χ1n) is 5.77. The maximum Gasteiger partial charge on any atom is 0.263 e. The minimum Gasteiger partial charge on any atom is -0.341 e. The molecule has 88 valence electrons. The van der Waals surface area contributed by atoms with Gasteiger partial charge in [0.2, 0.25) is 0 Å². The molecule has 0 radical (unpaired) electrons. The van der Waals surface area contributed by atoms with Crippen molar-refractivity contribution in [2.75, 3.05) is 26.7 Å². The Bertz CT molecular complexity index is 331. The summed E-state index contributed by atoms with van der Waals surface area (Å²) in [6.45, 7) is 3.03. The number of hydrogen-bond donors (Lipinski definition) is 1. The van der Waals surface area contributed by atoms with E-state index in [9.17, 15) is 4.79 Å². The zero-order valence-corrected chi connectivity index (χ0v) is 10.4. The zero-order valence-electron chi connectivity index (χ0n) is 9.61. The van der Waals surface area contributed by atoms with Crippen LogP contribution in [0.5, 0.6) is 0 Å². The van der Waals surface area contributed by atoms with Gasteiger partial charge in [-0.15, -0.1) is 11.3 Å². The van der Waals surface area contributed by atoms with Crippen molar-refractivity contribution in [1.29, 1.82) is 0 Å². The summed E-state index contributed by atoms with van der Waals surface area (Å²) in [5, 5.41) is 5.33. The van der Waals surface area contributed by atoms with E-state index >= 15 is 0 Å². The quantitative estimate of drug-likeness (QED) is 0.871. The summed E-state index contributed by atoms with van der Waals surface area (Å²) in [6, 6.07) is 3.82. The first-order valence-corrected chi connectivity index (χ1v) is 6.65. The summed E-state index contributed by atoms with van der Waals surface area (Å²) < 4.78 is 0. The third-order valence-corrected chi connectivity index (χ3v) is 3.87. The van der Waals surface area contributed by atoms with E-state index < -0.39 is 0 Å². The molecular formula is C12H18N2OS. The number of piperidine rings is 1. The molecule has 0 spiro atoms. The molecule has 1 aliphatic heterocycles. The lowest BCUT2D eigenvalue weighted by molar-refractivity contribution is 0.0769. The van der Waals surface area contributed by atoms with Gasteiger partial charge in [-0.3, -0.25) is 4.79 Å². The number of carbonyl (C=O) groups excluding carboxylic acids is 1. The van der Waals surface area contributed by atoms with E-state index in [1.165, 1.54) is 24.2 Å². The van der Waals surface area contributed by atoms with E-state index in [-0.39, 0.29) is 5.91 Å². The fourth-order valence-electron chi connectivity index (χ4n) is 2.14. The van der Waals surface area contributed by atoms with Crippen molar-refractivity contribution in [2.45, 2.75) is 12.8 Å². The van der Waals surface area contributed by atoms with Gasteiger partial charge in [-0.05, 0) is 43.3 Å². The van der Waals surface area contributed by atoms with Crippen LogP contribution in [0.15, 0.2) is 17.5 Å². The Morgan fingerprint density at radius 3 is 3.19 bits per heavy atom. The highest BCUT2D eigenvalue weighted by Crippen LogP contribution is 2.15. The van der Waals surface area contributed by atoms with Gasteiger partial charge in [0.05, 0.1) is 4.88 Å². The van der Waals surface area contributed by atoms with Gasteiger partial charge in [-0.1, -0.05) is 6.07 Å². The molecule has 1 atom stereocenters. The van der Waals surface area contributed by atoms with Gasteiger partial charge in [0.1, 0.15) is 0 Å². The van der Waals surface area contributed by atoms with E-state index in [2.05, 4.69) is 5.32 Å². The summed E-state index contributed by atoms with van der Waals surface area (Å²) in [7, 11) is 1.90. The Morgan fingerprint density at radius 2 is 2.56 bits per heavy atom. The third kappa shape index (κ3) is 2.83. The highest BCUT2D eigenvalue weighted by atomic mass is 32.1. The van der Waals surface area contributed by atoms with Crippen LogP contribution in [-0.2, 0) is 0 Å². The molecule has 3 nitrogen and oxygen atoms in total. The standard InChI is InChI=1S/C12H18N2OS/c1-14(9-10-4-2-6-13-8-10)12(15)11-5-3-7-16-11/h3,5,7,10,13H,2,4,6,8-9H2,1H3/t10-/m1/s1. The van der Waals surface area contributed by atoms with Crippen LogP contribution in [-0.4, -0.2) is 37.5 Å². The van der Waals surface area contributed by atoms with E-state index in [0.29, 0.717) is 5.92 Å². The third-order valence-electron chi connectivity index (χ3n) is 3.01. The van der Waals surface area contributed by atoms with Gasteiger partial charge in [0.15, 0.2) is 0 Å². The van der Waals surface area contributed by atoms with Crippen molar-refractivity contribution in [2.24, 2.45) is 5.92 Å². The summed E-state index contributed by atoms with van der Waals surface area (Å²) in [5.41, 5.74) is 0. The number of nitrogens with one attached hydrogen (secondary N) is 1. The lowest BCUT2D eigenvalue weighted by Crippen LogP contribution is -2.38. The van der Waals surface area contributed by atoms with Crippen LogP contribution >= 0.6 is 11.3 Å².